The molecule has 7 heteroatoms. The Morgan fingerprint density at radius 1 is 1.12 bits per heavy atom. The van der Waals surface area contributed by atoms with Crippen LogP contribution in [0, 0.1) is 19.7 Å². The molecule has 33 heavy (non-hydrogen) atoms. The SMILES string of the molecule is Cc1ccc(C)c(OCC(=O)Nc2ccc3c(c2)N(Cc2ccccc2F)C(=O)C(C)O3)c1. The van der Waals surface area contributed by atoms with Crippen molar-refractivity contribution >= 4 is 23.2 Å². The topological polar surface area (TPSA) is 67.9 Å². The summed E-state index contributed by atoms with van der Waals surface area (Å²) < 4.78 is 25.6. The molecular weight excluding hydrogens is 423 g/mol. The standard InChI is InChI=1S/C26H25FN2O4/c1-16-8-9-17(2)24(12-16)32-15-25(30)28-20-10-11-23-22(13-20)29(26(31)18(3)33-23)14-19-6-4-5-7-21(19)27/h4-13,18H,14-15H2,1-3H3,(H,28,30). The summed E-state index contributed by atoms with van der Waals surface area (Å²) in [6.45, 7) is 5.42. The number of aryl methyl sites for hydroxylation is 2. The van der Waals surface area contributed by atoms with E-state index in [1.807, 2.05) is 32.0 Å². The van der Waals surface area contributed by atoms with Crippen molar-refractivity contribution < 1.29 is 23.5 Å². The van der Waals surface area contributed by atoms with Crippen molar-refractivity contribution in [2.45, 2.75) is 33.4 Å². The number of halogens is 1. The van der Waals surface area contributed by atoms with Gasteiger partial charge in [0.1, 0.15) is 17.3 Å². The highest BCUT2D eigenvalue weighted by molar-refractivity contribution is 6.01. The lowest BCUT2D eigenvalue weighted by molar-refractivity contribution is -0.125. The van der Waals surface area contributed by atoms with Crippen LogP contribution in [0.4, 0.5) is 15.8 Å². The smallest absolute Gasteiger partial charge is 0.268 e. The predicted octanol–water partition coefficient (Wildman–Crippen LogP) is 4.77. The maximum atomic E-state index is 14.2. The molecule has 1 N–H and O–H groups in total. The molecule has 0 saturated heterocycles. The number of hydrogen-bond donors (Lipinski definition) is 1. The normalized spacial score (nSPS) is 15.0. The number of anilines is 2. The number of ether oxygens (including phenoxy) is 2. The molecule has 0 fully saturated rings. The summed E-state index contributed by atoms with van der Waals surface area (Å²) in [6.07, 6.45) is -0.698. The average molecular weight is 448 g/mol. The Morgan fingerprint density at radius 2 is 1.91 bits per heavy atom. The fraction of sp³-hybridized carbons (Fsp3) is 0.231. The van der Waals surface area contributed by atoms with Crippen LogP contribution in [-0.2, 0) is 16.1 Å². The molecule has 1 aliphatic rings. The van der Waals surface area contributed by atoms with Crippen LogP contribution in [0.5, 0.6) is 11.5 Å². The van der Waals surface area contributed by atoms with Crippen molar-refractivity contribution in [1.29, 1.82) is 0 Å². The van der Waals surface area contributed by atoms with Crippen LogP contribution in [0.3, 0.4) is 0 Å². The van der Waals surface area contributed by atoms with E-state index in [1.165, 1.54) is 11.0 Å². The van der Waals surface area contributed by atoms with Crippen molar-refractivity contribution in [3.05, 3.63) is 83.2 Å². The second kappa shape index (κ2) is 9.32. The minimum atomic E-state index is -0.698. The Balaban J connectivity index is 1.51. The molecule has 6 nitrogen and oxygen atoms in total. The highest BCUT2D eigenvalue weighted by Crippen LogP contribution is 2.37. The van der Waals surface area contributed by atoms with Gasteiger partial charge in [-0.15, -0.1) is 0 Å². The number of carbonyl (C=O) groups excluding carboxylic acids is 2. The van der Waals surface area contributed by atoms with Crippen molar-refractivity contribution in [3.63, 3.8) is 0 Å². The Bertz CT molecular complexity index is 1210. The van der Waals surface area contributed by atoms with Crippen LogP contribution in [0.15, 0.2) is 60.7 Å². The molecule has 0 aliphatic carbocycles. The molecule has 0 radical (unpaired) electrons. The zero-order valence-electron chi connectivity index (χ0n) is 18.7. The minimum Gasteiger partial charge on any atom is -0.483 e. The molecule has 0 bridgehead atoms. The molecule has 3 aromatic carbocycles. The number of rotatable bonds is 6. The number of benzene rings is 3. The predicted molar refractivity (Wildman–Crippen MR) is 124 cm³/mol. The number of nitrogens with one attached hydrogen (secondary N) is 1. The van der Waals surface area contributed by atoms with Gasteiger partial charge in [-0.05, 0) is 62.2 Å². The fourth-order valence-electron chi connectivity index (χ4n) is 3.65. The van der Waals surface area contributed by atoms with E-state index in [2.05, 4.69) is 5.32 Å². The zero-order valence-corrected chi connectivity index (χ0v) is 18.7. The van der Waals surface area contributed by atoms with Crippen LogP contribution in [0.2, 0.25) is 0 Å². The molecule has 1 aliphatic heterocycles. The van der Waals surface area contributed by atoms with Crippen molar-refractivity contribution in [2.75, 3.05) is 16.8 Å². The summed E-state index contributed by atoms with van der Waals surface area (Å²) in [6, 6.07) is 17.1. The van der Waals surface area contributed by atoms with Gasteiger partial charge in [0.25, 0.3) is 11.8 Å². The third kappa shape index (κ3) is 4.98. The van der Waals surface area contributed by atoms with Crippen LogP contribution in [0.1, 0.15) is 23.6 Å². The monoisotopic (exact) mass is 448 g/mol. The van der Waals surface area contributed by atoms with Gasteiger partial charge in [-0.25, -0.2) is 4.39 Å². The summed E-state index contributed by atoms with van der Waals surface area (Å²) in [5, 5.41) is 2.79. The molecule has 3 aromatic rings. The van der Waals surface area contributed by atoms with Gasteiger partial charge in [-0.3, -0.25) is 9.59 Å². The van der Waals surface area contributed by atoms with Gasteiger partial charge >= 0.3 is 0 Å². The van der Waals surface area contributed by atoms with Gasteiger partial charge in [0, 0.05) is 11.3 Å². The highest BCUT2D eigenvalue weighted by Gasteiger charge is 2.32. The van der Waals surface area contributed by atoms with Crippen LogP contribution in [-0.4, -0.2) is 24.5 Å². The number of hydrogen-bond acceptors (Lipinski definition) is 4. The molecule has 0 aromatic heterocycles. The zero-order chi connectivity index (χ0) is 23.5. The second-order valence-corrected chi connectivity index (χ2v) is 8.06. The first-order valence-electron chi connectivity index (χ1n) is 10.7. The lowest BCUT2D eigenvalue weighted by Crippen LogP contribution is -2.44. The van der Waals surface area contributed by atoms with Gasteiger partial charge in [0.15, 0.2) is 12.7 Å². The van der Waals surface area contributed by atoms with Crippen LogP contribution < -0.4 is 19.7 Å². The van der Waals surface area contributed by atoms with Gasteiger partial charge in [-0.2, -0.15) is 0 Å². The summed E-state index contributed by atoms with van der Waals surface area (Å²) in [5.74, 6) is 0.127. The van der Waals surface area contributed by atoms with E-state index in [0.29, 0.717) is 28.4 Å². The van der Waals surface area contributed by atoms with Crippen molar-refractivity contribution in [1.82, 2.24) is 0 Å². The number of amides is 2. The first-order valence-corrected chi connectivity index (χ1v) is 10.7. The van der Waals surface area contributed by atoms with Gasteiger partial charge in [-0.1, -0.05) is 30.3 Å². The Morgan fingerprint density at radius 3 is 2.70 bits per heavy atom. The van der Waals surface area contributed by atoms with E-state index in [0.717, 1.165) is 11.1 Å². The first kappa shape index (κ1) is 22.3. The molecule has 1 unspecified atom stereocenters. The molecule has 0 saturated carbocycles. The van der Waals surface area contributed by atoms with Gasteiger partial charge in [0.2, 0.25) is 0 Å². The Kier molecular flexibility index (Phi) is 6.31. The molecule has 0 spiro atoms. The number of fused-ring (bicyclic) bond motifs is 1. The van der Waals surface area contributed by atoms with Crippen LogP contribution >= 0.6 is 0 Å². The largest absolute Gasteiger partial charge is 0.483 e. The lowest BCUT2D eigenvalue weighted by Gasteiger charge is -2.33. The second-order valence-electron chi connectivity index (χ2n) is 8.06. The van der Waals surface area contributed by atoms with E-state index in [1.54, 1.807) is 43.3 Å². The van der Waals surface area contributed by atoms with E-state index >= 15 is 0 Å². The fourth-order valence-corrected chi connectivity index (χ4v) is 3.65. The molecule has 4 rings (SSSR count). The lowest BCUT2D eigenvalue weighted by atomic mass is 10.1. The Hall–Kier alpha value is -3.87. The van der Waals surface area contributed by atoms with E-state index in [-0.39, 0.29) is 30.8 Å². The van der Waals surface area contributed by atoms with E-state index in [4.69, 9.17) is 9.47 Å². The molecular formula is C26H25FN2O4. The van der Waals surface area contributed by atoms with Gasteiger partial charge in [0.05, 0.1) is 12.2 Å². The average Bonchev–Trinajstić information content (AvgIpc) is 2.79. The summed E-state index contributed by atoms with van der Waals surface area (Å²) in [5.41, 5.74) is 3.32. The van der Waals surface area contributed by atoms with Gasteiger partial charge < -0.3 is 19.7 Å². The number of nitrogens with zero attached hydrogens (tertiary/aromatic N) is 1. The number of carbonyl (C=O) groups is 2. The maximum Gasteiger partial charge on any atom is 0.268 e. The maximum absolute atomic E-state index is 14.2. The van der Waals surface area contributed by atoms with Crippen LogP contribution in [0.25, 0.3) is 0 Å². The molecule has 170 valence electrons. The van der Waals surface area contributed by atoms with Crippen molar-refractivity contribution in [3.8, 4) is 11.5 Å². The third-order valence-electron chi connectivity index (χ3n) is 5.44. The quantitative estimate of drug-likeness (QED) is 0.590. The third-order valence-corrected chi connectivity index (χ3v) is 5.44. The molecule has 1 heterocycles. The van der Waals surface area contributed by atoms with Crippen molar-refractivity contribution in [2.24, 2.45) is 0 Å². The molecule has 2 amide bonds. The molecule has 1 atom stereocenters. The Labute approximate surface area is 191 Å². The summed E-state index contributed by atoms with van der Waals surface area (Å²) in [7, 11) is 0. The highest BCUT2D eigenvalue weighted by atomic mass is 19.1. The minimum absolute atomic E-state index is 0.0549. The first-order chi connectivity index (χ1) is 15.8. The van der Waals surface area contributed by atoms with E-state index in [9.17, 15) is 14.0 Å². The summed E-state index contributed by atoms with van der Waals surface area (Å²) >= 11 is 0. The van der Waals surface area contributed by atoms with E-state index < -0.39 is 6.10 Å². The summed E-state index contributed by atoms with van der Waals surface area (Å²) in [4.78, 5) is 26.8.